The standard InChI is InChI=1S/C46H44N2O6S/c1-31-42(30-55-43-14-7-6-13-41(43)51-2)53-45(54-44(31)35-17-15-32(29-49)16-18-35)36-21-19-34(20-22-36)37-10-8-9-33(27-37)28-47-46(50)48-38-23-25-40(26-24-38)52-39-11-4-3-5-12-39/h3-27,31,42,44-45,49H,28-30H2,1-2H3,(H2,47,48,50)/t31-,42+,44+,45+/m1/s1. The summed E-state index contributed by atoms with van der Waals surface area (Å²) >= 11 is 1.72. The van der Waals surface area contributed by atoms with Crippen LogP contribution in [-0.4, -0.2) is 30.1 Å². The molecular formula is C46H44N2O6S. The fraction of sp³-hybridized carbons (Fsp3) is 0.196. The van der Waals surface area contributed by atoms with E-state index in [1.54, 1.807) is 18.9 Å². The van der Waals surface area contributed by atoms with Crippen LogP contribution >= 0.6 is 11.8 Å². The summed E-state index contributed by atoms with van der Waals surface area (Å²) in [7, 11) is 1.69. The van der Waals surface area contributed by atoms with E-state index >= 15 is 0 Å². The Morgan fingerprint density at radius 2 is 1.44 bits per heavy atom. The van der Waals surface area contributed by atoms with Crippen LogP contribution in [0.4, 0.5) is 10.5 Å². The molecule has 2 amide bonds. The first-order chi connectivity index (χ1) is 26.9. The number of aliphatic hydroxyl groups is 1. The number of hydrogen-bond acceptors (Lipinski definition) is 7. The molecule has 1 aliphatic heterocycles. The maximum absolute atomic E-state index is 12.7. The van der Waals surface area contributed by atoms with Gasteiger partial charge >= 0.3 is 6.03 Å². The van der Waals surface area contributed by atoms with Gasteiger partial charge in [0, 0.05) is 34.4 Å². The Morgan fingerprint density at radius 3 is 2.18 bits per heavy atom. The van der Waals surface area contributed by atoms with E-state index in [0.29, 0.717) is 18.0 Å². The molecule has 6 aromatic rings. The third-order valence-electron chi connectivity index (χ3n) is 9.58. The molecule has 1 heterocycles. The van der Waals surface area contributed by atoms with E-state index in [2.05, 4.69) is 60.0 Å². The minimum Gasteiger partial charge on any atom is -0.496 e. The number of thioether (sulfide) groups is 1. The molecule has 0 radical (unpaired) electrons. The second kappa shape index (κ2) is 18.2. The number of methoxy groups -OCH3 is 1. The van der Waals surface area contributed by atoms with Gasteiger partial charge in [-0.3, -0.25) is 0 Å². The molecule has 8 nitrogen and oxygen atoms in total. The van der Waals surface area contributed by atoms with Crippen molar-refractivity contribution < 1.29 is 28.8 Å². The summed E-state index contributed by atoms with van der Waals surface area (Å²) in [5.74, 6) is 3.07. The number of nitrogens with one attached hydrogen (secondary N) is 2. The zero-order chi connectivity index (χ0) is 38.0. The summed E-state index contributed by atoms with van der Waals surface area (Å²) in [6, 6.07) is 48.9. The fourth-order valence-electron chi connectivity index (χ4n) is 6.50. The third kappa shape index (κ3) is 9.75. The Labute approximate surface area is 326 Å². The van der Waals surface area contributed by atoms with Crippen LogP contribution < -0.4 is 20.1 Å². The molecular weight excluding hydrogens is 709 g/mol. The molecule has 0 spiro atoms. The van der Waals surface area contributed by atoms with Crippen LogP contribution in [0.15, 0.2) is 157 Å². The first-order valence-electron chi connectivity index (χ1n) is 18.3. The van der Waals surface area contributed by atoms with Crippen LogP contribution in [0.5, 0.6) is 17.2 Å². The predicted molar refractivity (Wildman–Crippen MR) is 217 cm³/mol. The lowest BCUT2D eigenvalue weighted by Crippen LogP contribution is -2.38. The SMILES string of the molecule is COc1ccccc1SC[C@@H]1O[C@H](c2ccc(-c3cccc(CNC(=O)Nc4ccc(Oc5ccccc5)cc4)c3)cc2)O[C@H](c2ccc(CO)cc2)[C@@H]1C. The highest BCUT2D eigenvalue weighted by Crippen LogP contribution is 2.44. The second-order valence-corrected chi connectivity index (χ2v) is 14.4. The Hall–Kier alpha value is -5.58. The van der Waals surface area contributed by atoms with E-state index in [0.717, 1.165) is 55.5 Å². The number of urea groups is 1. The summed E-state index contributed by atoms with van der Waals surface area (Å²) in [6.07, 6.45) is -0.883. The number of ether oxygens (including phenoxy) is 4. The number of benzene rings is 6. The summed E-state index contributed by atoms with van der Waals surface area (Å²) < 4.78 is 24.8. The molecule has 55 heavy (non-hydrogen) atoms. The topological polar surface area (TPSA) is 98.3 Å². The van der Waals surface area contributed by atoms with Crippen molar-refractivity contribution in [2.75, 3.05) is 18.2 Å². The lowest BCUT2D eigenvalue weighted by Gasteiger charge is -2.41. The largest absolute Gasteiger partial charge is 0.496 e. The number of carbonyl (C=O) groups is 1. The molecule has 280 valence electrons. The molecule has 7 rings (SSSR count). The fourth-order valence-corrected chi connectivity index (χ4v) is 7.70. The van der Waals surface area contributed by atoms with Gasteiger partial charge in [-0.25, -0.2) is 4.79 Å². The highest BCUT2D eigenvalue weighted by Gasteiger charge is 2.38. The van der Waals surface area contributed by atoms with Crippen LogP contribution in [0.2, 0.25) is 0 Å². The van der Waals surface area contributed by atoms with Gasteiger partial charge in [-0.15, -0.1) is 11.8 Å². The molecule has 0 aromatic heterocycles. The molecule has 0 aliphatic carbocycles. The van der Waals surface area contributed by atoms with Crippen LogP contribution in [-0.2, 0) is 22.6 Å². The van der Waals surface area contributed by atoms with Crippen molar-refractivity contribution in [2.45, 2.75) is 43.5 Å². The van der Waals surface area contributed by atoms with Crippen molar-refractivity contribution >= 4 is 23.5 Å². The van der Waals surface area contributed by atoms with Crippen LogP contribution in [0.25, 0.3) is 11.1 Å². The highest BCUT2D eigenvalue weighted by molar-refractivity contribution is 7.99. The van der Waals surface area contributed by atoms with E-state index in [4.69, 9.17) is 18.9 Å². The smallest absolute Gasteiger partial charge is 0.319 e. The normalized spacial score (nSPS) is 17.9. The Balaban J connectivity index is 0.994. The van der Waals surface area contributed by atoms with E-state index in [1.165, 1.54) is 0 Å². The highest BCUT2D eigenvalue weighted by atomic mass is 32.2. The number of carbonyl (C=O) groups excluding carboxylic acids is 1. The Morgan fingerprint density at radius 1 is 0.727 bits per heavy atom. The van der Waals surface area contributed by atoms with Crippen LogP contribution in [0.1, 0.15) is 41.6 Å². The summed E-state index contributed by atoms with van der Waals surface area (Å²) in [6.45, 7) is 2.53. The van der Waals surface area contributed by atoms with E-state index in [9.17, 15) is 9.90 Å². The average molecular weight is 753 g/mol. The van der Waals surface area contributed by atoms with Gasteiger partial charge in [0.15, 0.2) is 6.29 Å². The van der Waals surface area contributed by atoms with E-state index in [1.807, 2.05) is 109 Å². The van der Waals surface area contributed by atoms with Gasteiger partial charge in [-0.05, 0) is 82.4 Å². The minimum atomic E-state index is -0.572. The number of aliphatic hydroxyl groups excluding tert-OH is 1. The monoisotopic (exact) mass is 752 g/mol. The summed E-state index contributed by atoms with van der Waals surface area (Å²) in [4.78, 5) is 13.8. The van der Waals surface area contributed by atoms with Crippen molar-refractivity contribution in [1.82, 2.24) is 5.32 Å². The summed E-state index contributed by atoms with van der Waals surface area (Å²) in [5, 5.41) is 15.5. The van der Waals surface area contributed by atoms with Gasteiger partial charge in [0.25, 0.3) is 0 Å². The van der Waals surface area contributed by atoms with Gasteiger partial charge in [0.05, 0.1) is 25.9 Å². The molecule has 0 unspecified atom stereocenters. The molecule has 3 N–H and O–H groups in total. The van der Waals surface area contributed by atoms with Crippen molar-refractivity contribution in [3.8, 4) is 28.4 Å². The van der Waals surface area contributed by atoms with Crippen molar-refractivity contribution in [3.05, 3.63) is 174 Å². The second-order valence-electron chi connectivity index (χ2n) is 13.4. The summed E-state index contributed by atoms with van der Waals surface area (Å²) in [5.41, 5.74) is 6.55. The maximum atomic E-state index is 12.7. The zero-order valence-electron chi connectivity index (χ0n) is 30.8. The predicted octanol–water partition coefficient (Wildman–Crippen LogP) is 10.6. The Kier molecular flexibility index (Phi) is 12.5. The van der Waals surface area contributed by atoms with Gasteiger partial charge in [-0.1, -0.05) is 104 Å². The average Bonchev–Trinajstić information content (AvgIpc) is 3.24. The number of amides is 2. The number of rotatable bonds is 13. The van der Waals surface area contributed by atoms with Crippen molar-refractivity contribution in [2.24, 2.45) is 5.92 Å². The third-order valence-corrected chi connectivity index (χ3v) is 10.7. The van der Waals surface area contributed by atoms with Crippen molar-refractivity contribution in [3.63, 3.8) is 0 Å². The van der Waals surface area contributed by atoms with Gasteiger partial charge < -0.3 is 34.7 Å². The molecule has 0 saturated carbocycles. The van der Waals surface area contributed by atoms with Gasteiger partial charge in [-0.2, -0.15) is 0 Å². The van der Waals surface area contributed by atoms with E-state index < -0.39 is 6.29 Å². The van der Waals surface area contributed by atoms with Gasteiger partial charge in [0.1, 0.15) is 17.2 Å². The van der Waals surface area contributed by atoms with Gasteiger partial charge in [0.2, 0.25) is 0 Å². The number of para-hydroxylation sites is 2. The van der Waals surface area contributed by atoms with Crippen LogP contribution in [0, 0.1) is 5.92 Å². The molecule has 1 aliphatic rings. The Bertz CT molecular complexity index is 2150. The molecule has 6 aromatic carbocycles. The molecule has 9 heteroatoms. The lowest BCUT2D eigenvalue weighted by molar-refractivity contribution is -0.268. The number of anilines is 1. The lowest BCUT2D eigenvalue weighted by atomic mass is 9.91. The molecule has 1 fully saturated rings. The first-order valence-corrected chi connectivity index (χ1v) is 19.3. The maximum Gasteiger partial charge on any atom is 0.319 e. The van der Waals surface area contributed by atoms with Crippen molar-refractivity contribution in [1.29, 1.82) is 0 Å². The quantitative estimate of drug-likeness (QED) is 0.101. The minimum absolute atomic E-state index is 0.00598. The zero-order valence-corrected chi connectivity index (χ0v) is 31.6. The molecule has 4 atom stereocenters. The van der Waals surface area contributed by atoms with Crippen LogP contribution in [0.3, 0.4) is 0 Å². The number of hydrogen-bond donors (Lipinski definition) is 3. The molecule has 1 saturated heterocycles. The molecule has 0 bridgehead atoms. The first kappa shape index (κ1) is 37.7. The van der Waals surface area contributed by atoms with E-state index in [-0.39, 0.29) is 30.8 Å².